The van der Waals surface area contributed by atoms with Gasteiger partial charge in [-0.2, -0.15) is 0 Å². The Morgan fingerprint density at radius 1 is 1.15 bits per heavy atom. The van der Waals surface area contributed by atoms with E-state index >= 15 is 0 Å². The molecule has 2 heterocycles. The van der Waals surface area contributed by atoms with Gasteiger partial charge in [-0.05, 0) is 42.5 Å². The van der Waals surface area contributed by atoms with Crippen LogP contribution < -0.4 is 10.1 Å². The summed E-state index contributed by atoms with van der Waals surface area (Å²) in [6.45, 7) is 3.45. The summed E-state index contributed by atoms with van der Waals surface area (Å²) in [5, 5.41) is 3.10. The highest BCUT2D eigenvalue weighted by Crippen LogP contribution is 2.38. The number of benzene rings is 2. The second kappa shape index (κ2) is 11.0. The summed E-state index contributed by atoms with van der Waals surface area (Å²) in [6, 6.07) is 17.5. The zero-order chi connectivity index (χ0) is 24.1. The number of nitrogens with one attached hydrogen (secondary N) is 1. The highest BCUT2D eigenvalue weighted by Gasteiger charge is 2.45. The number of carbonyl (C=O) groups excluding carboxylic acids is 2. The third-order valence-electron chi connectivity index (χ3n) is 6.60. The van der Waals surface area contributed by atoms with E-state index < -0.39 is 0 Å². The van der Waals surface area contributed by atoms with E-state index in [9.17, 15) is 9.59 Å². The van der Waals surface area contributed by atoms with Crippen LogP contribution in [0.15, 0.2) is 54.6 Å². The standard InChI is InChI=1S/C27H35N3O4/c1-19(31)28-24-16-25(27(32)29(2)3)30(26(24)21-10-5-4-6-11-21)17-20-9-7-12-22(15-20)34-18-23-13-8-14-33-23/h4-7,9-12,15,23-26H,8,13-14,16-18H2,1-3H3,(H,28,31)/t23-,24-,25+,26+/m1/s1. The van der Waals surface area contributed by atoms with Crippen molar-refractivity contribution < 1.29 is 19.1 Å². The summed E-state index contributed by atoms with van der Waals surface area (Å²) >= 11 is 0. The molecule has 0 radical (unpaired) electrons. The Hall–Kier alpha value is -2.90. The lowest BCUT2D eigenvalue weighted by Crippen LogP contribution is -2.43. The fourth-order valence-corrected chi connectivity index (χ4v) is 5.06. The molecule has 0 spiro atoms. The Kier molecular flexibility index (Phi) is 7.85. The first-order valence-electron chi connectivity index (χ1n) is 12.0. The second-order valence-corrected chi connectivity index (χ2v) is 9.41. The molecule has 34 heavy (non-hydrogen) atoms. The van der Waals surface area contributed by atoms with Gasteiger partial charge in [0, 0.05) is 34.2 Å². The van der Waals surface area contributed by atoms with Crippen molar-refractivity contribution in [2.75, 3.05) is 27.3 Å². The van der Waals surface area contributed by atoms with E-state index in [0.29, 0.717) is 19.6 Å². The molecule has 0 saturated carbocycles. The summed E-state index contributed by atoms with van der Waals surface area (Å²) in [7, 11) is 3.56. The van der Waals surface area contributed by atoms with Crippen LogP contribution in [0.1, 0.15) is 43.4 Å². The van der Waals surface area contributed by atoms with E-state index in [2.05, 4.69) is 28.4 Å². The minimum absolute atomic E-state index is 0.0413. The van der Waals surface area contributed by atoms with Gasteiger partial charge in [0.15, 0.2) is 0 Å². The van der Waals surface area contributed by atoms with E-state index in [0.717, 1.165) is 36.3 Å². The number of amides is 2. The van der Waals surface area contributed by atoms with Crippen molar-refractivity contribution in [3.8, 4) is 5.75 Å². The molecule has 2 amide bonds. The van der Waals surface area contributed by atoms with Crippen LogP contribution in [0, 0.1) is 0 Å². The summed E-state index contributed by atoms with van der Waals surface area (Å²) in [5.74, 6) is 0.755. The SMILES string of the molecule is CC(=O)N[C@@H]1C[C@@H](C(=O)N(C)C)N(Cc2cccc(OC[C@H]3CCCO3)c2)[C@H]1c1ccccc1. The predicted octanol–water partition coefficient (Wildman–Crippen LogP) is 3.15. The van der Waals surface area contributed by atoms with Gasteiger partial charge in [-0.1, -0.05) is 42.5 Å². The van der Waals surface area contributed by atoms with E-state index in [1.165, 1.54) is 6.92 Å². The molecule has 182 valence electrons. The quantitative estimate of drug-likeness (QED) is 0.649. The van der Waals surface area contributed by atoms with Crippen LogP contribution >= 0.6 is 0 Å². The molecular formula is C27H35N3O4. The number of ether oxygens (including phenoxy) is 2. The van der Waals surface area contributed by atoms with Crippen molar-refractivity contribution in [1.29, 1.82) is 0 Å². The zero-order valence-corrected chi connectivity index (χ0v) is 20.3. The molecule has 0 bridgehead atoms. The zero-order valence-electron chi connectivity index (χ0n) is 20.3. The topological polar surface area (TPSA) is 71.1 Å². The third kappa shape index (κ3) is 5.77. The first kappa shape index (κ1) is 24.2. The van der Waals surface area contributed by atoms with Crippen molar-refractivity contribution in [3.05, 3.63) is 65.7 Å². The molecule has 2 aromatic rings. The molecule has 0 unspecified atom stereocenters. The normalized spacial score (nSPS) is 24.7. The predicted molar refractivity (Wildman–Crippen MR) is 130 cm³/mol. The summed E-state index contributed by atoms with van der Waals surface area (Å²) in [5.41, 5.74) is 2.15. The molecule has 4 rings (SSSR count). The van der Waals surface area contributed by atoms with Gasteiger partial charge < -0.3 is 19.7 Å². The van der Waals surface area contributed by atoms with Crippen LogP contribution in [0.4, 0.5) is 0 Å². The number of nitrogens with zero attached hydrogens (tertiary/aromatic N) is 2. The Labute approximate surface area is 202 Å². The fourth-order valence-electron chi connectivity index (χ4n) is 5.06. The van der Waals surface area contributed by atoms with Gasteiger partial charge in [0.05, 0.1) is 24.2 Å². The maximum Gasteiger partial charge on any atom is 0.239 e. The minimum Gasteiger partial charge on any atom is -0.491 e. The summed E-state index contributed by atoms with van der Waals surface area (Å²) in [4.78, 5) is 29.1. The third-order valence-corrected chi connectivity index (χ3v) is 6.60. The summed E-state index contributed by atoms with van der Waals surface area (Å²) in [6.07, 6.45) is 2.84. The molecule has 7 heteroatoms. The fraction of sp³-hybridized carbons (Fsp3) is 0.481. The molecule has 2 saturated heterocycles. The Bertz CT molecular complexity index is 975. The van der Waals surface area contributed by atoms with Gasteiger partial charge in [0.1, 0.15) is 12.4 Å². The average Bonchev–Trinajstić information content (AvgIpc) is 3.46. The molecule has 4 atom stereocenters. The van der Waals surface area contributed by atoms with Crippen LogP contribution in [0.25, 0.3) is 0 Å². The largest absolute Gasteiger partial charge is 0.491 e. The molecule has 2 fully saturated rings. The molecule has 2 aliphatic heterocycles. The summed E-state index contributed by atoms with van der Waals surface area (Å²) < 4.78 is 11.7. The van der Waals surface area contributed by atoms with E-state index in [1.807, 2.05) is 36.4 Å². The number of hydrogen-bond donors (Lipinski definition) is 1. The Balaban J connectivity index is 1.60. The van der Waals surface area contributed by atoms with Crippen molar-refractivity contribution in [2.45, 2.75) is 57.0 Å². The maximum atomic E-state index is 13.2. The molecule has 2 aliphatic rings. The molecule has 0 aromatic heterocycles. The lowest BCUT2D eigenvalue weighted by molar-refractivity contribution is -0.134. The molecule has 1 N–H and O–H groups in total. The first-order valence-corrected chi connectivity index (χ1v) is 12.0. The average molecular weight is 466 g/mol. The number of carbonyl (C=O) groups is 2. The molecule has 2 aromatic carbocycles. The highest BCUT2D eigenvalue weighted by molar-refractivity contribution is 5.82. The van der Waals surface area contributed by atoms with Crippen LogP contribution in [0.5, 0.6) is 5.75 Å². The first-order chi connectivity index (χ1) is 16.4. The lowest BCUT2D eigenvalue weighted by atomic mass is 9.99. The number of hydrogen-bond acceptors (Lipinski definition) is 5. The van der Waals surface area contributed by atoms with Crippen LogP contribution in [-0.4, -0.2) is 67.1 Å². The maximum absolute atomic E-state index is 13.2. The highest BCUT2D eigenvalue weighted by atomic mass is 16.5. The van der Waals surface area contributed by atoms with Gasteiger partial charge in [-0.15, -0.1) is 0 Å². The monoisotopic (exact) mass is 465 g/mol. The molecule has 7 nitrogen and oxygen atoms in total. The number of likely N-dealkylation sites (tertiary alicyclic amines) is 1. The smallest absolute Gasteiger partial charge is 0.239 e. The minimum atomic E-state index is -0.339. The molecule has 0 aliphatic carbocycles. The Morgan fingerprint density at radius 3 is 2.62 bits per heavy atom. The molecular weight excluding hydrogens is 430 g/mol. The second-order valence-electron chi connectivity index (χ2n) is 9.41. The van der Waals surface area contributed by atoms with Gasteiger partial charge in [-0.3, -0.25) is 14.5 Å². The van der Waals surface area contributed by atoms with Crippen LogP contribution in [0.2, 0.25) is 0 Å². The van der Waals surface area contributed by atoms with Gasteiger partial charge >= 0.3 is 0 Å². The van der Waals surface area contributed by atoms with Crippen molar-refractivity contribution in [2.24, 2.45) is 0 Å². The number of rotatable bonds is 8. The van der Waals surface area contributed by atoms with Gasteiger partial charge in [0.2, 0.25) is 11.8 Å². The van der Waals surface area contributed by atoms with Gasteiger partial charge in [0.25, 0.3) is 0 Å². The van der Waals surface area contributed by atoms with E-state index in [1.54, 1.807) is 19.0 Å². The van der Waals surface area contributed by atoms with Crippen molar-refractivity contribution >= 4 is 11.8 Å². The lowest BCUT2D eigenvalue weighted by Gasteiger charge is -2.32. The van der Waals surface area contributed by atoms with Crippen LogP contribution in [-0.2, 0) is 20.9 Å². The van der Waals surface area contributed by atoms with Crippen molar-refractivity contribution in [1.82, 2.24) is 15.1 Å². The Morgan fingerprint density at radius 2 is 1.94 bits per heavy atom. The van der Waals surface area contributed by atoms with E-state index in [-0.39, 0.29) is 36.0 Å². The van der Waals surface area contributed by atoms with Crippen LogP contribution in [0.3, 0.4) is 0 Å². The van der Waals surface area contributed by atoms with Gasteiger partial charge in [-0.25, -0.2) is 0 Å². The van der Waals surface area contributed by atoms with E-state index in [4.69, 9.17) is 9.47 Å². The number of likely N-dealkylation sites (N-methyl/N-ethyl adjacent to an activating group) is 1. The van der Waals surface area contributed by atoms with Crippen molar-refractivity contribution in [3.63, 3.8) is 0 Å².